The molecule has 1 heterocycles. The zero-order chi connectivity index (χ0) is 12.5. The Morgan fingerprint density at radius 3 is 2.41 bits per heavy atom. The summed E-state index contributed by atoms with van der Waals surface area (Å²) < 4.78 is 27.4. The number of aromatic nitrogens is 2. The summed E-state index contributed by atoms with van der Waals surface area (Å²) in [5.41, 5.74) is 0.601. The molecule has 1 N–H and O–H groups in total. The van der Waals surface area contributed by atoms with E-state index in [1.165, 1.54) is 12.1 Å². The third kappa shape index (κ3) is 2.51. The van der Waals surface area contributed by atoms with Crippen LogP contribution in [0.4, 0.5) is 0 Å². The van der Waals surface area contributed by atoms with Crippen LogP contribution in [0.3, 0.4) is 0 Å². The highest BCUT2D eigenvalue weighted by molar-refractivity contribution is 7.90. The molecule has 6 nitrogen and oxygen atoms in total. The first-order valence-electron chi connectivity index (χ1n) is 4.74. The van der Waals surface area contributed by atoms with Crippen LogP contribution in [0, 0.1) is 0 Å². The van der Waals surface area contributed by atoms with Gasteiger partial charge in [-0.2, -0.15) is 4.98 Å². The minimum Gasteiger partial charge on any atom is -0.388 e. The second-order valence-electron chi connectivity index (χ2n) is 3.47. The topological polar surface area (TPSA) is 93.3 Å². The fraction of sp³-hybridized carbons (Fsp3) is 0.200. The van der Waals surface area contributed by atoms with Crippen LogP contribution >= 0.6 is 0 Å². The molecule has 0 atom stereocenters. The van der Waals surface area contributed by atoms with Gasteiger partial charge in [-0.3, -0.25) is 0 Å². The first-order chi connectivity index (χ1) is 8.00. The Kier molecular flexibility index (Phi) is 2.95. The van der Waals surface area contributed by atoms with Crippen molar-refractivity contribution in [3.63, 3.8) is 0 Å². The molecule has 0 aliphatic carbocycles. The number of aliphatic hydroxyl groups is 1. The standard InChI is InChI=1S/C10H10N2O4S/c1-17(14,15)8-4-2-7(3-5-8)10-11-9(6-13)12-16-10/h2-5,13H,6H2,1H3. The molecule has 7 heteroatoms. The number of benzene rings is 1. The van der Waals surface area contributed by atoms with Crippen molar-refractivity contribution in [2.24, 2.45) is 0 Å². The summed E-state index contributed by atoms with van der Waals surface area (Å²) >= 11 is 0. The van der Waals surface area contributed by atoms with E-state index < -0.39 is 9.84 Å². The van der Waals surface area contributed by atoms with Gasteiger partial charge in [0.05, 0.1) is 4.90 Å². The van der Waals surface area contributed by atoms with Gasteiger partial charge in [0.25, 0.3) is 5.89 Å². The van der Waals surface area contributed by atoms with E-state index in [-0.39, 0.29) is 23.2 Å². The molecular formula is C10H10N2O4S. The van der Waals surface area contributed by atoms with Gasteiger partial charge in [-0.05, 0) is 24.3 Å². The van der Waals surface area contributed by atoms with E-state index in [9.17, 15) is 8.42 Å². The van der Waals surface area contributed by atoms with E-state index in [1.54, 1.807) is 12.1 Å². The van der Waals surface area contributed by atoms with E-state index >= 15 is 0 Å². The van der Waals surface area contributed by atoms with Gasteiger partial charge in [-0.15, -0.1) is 0 Å². The van der Waals surface area contributed by atoms with Crippen LogP contribution in [-0.4, -0.2) is 29.9 Å². The zero-order valence-electron chi connectivity index (χ0n) is 8.99. The lowest BCUT2D eigenvalue weighted by Gasteiger charge is -1.98. The molecule has 1 aromatic heterocycles. The van der Waals surface area contributed by atoms with Gasteiger partial charge in [0, 0.05) is 11.8 Å². The normalized spacial score (nSPS) is 11.6. The number of rotatable bonds is 3. The van der Waals surface area contributed by atoms with E-state index in [1.807, 2.05) is 0 Å². The Morgan fingerprint density at radius 1 is 1.29 bits per heavy atom. The average molecular weight is 254 g/mol. The number of hydrogen-bond donors (Lipinski definition) is 1. The fourth-order valence-electron chi connectivity index (χ4n) is 1.28. The van der Waals surface area contributed by atoms with Gasteiger partial charge >= 0.3 is 0 Å². The molecule has 0 aliphatic heterocycles. The fourth-order valence-corrected chi connectivity index (χ4v) is 1.91. The third-order valence-corrected chi connectivity index (χ3v) is 3.27. The van der Waals surface area contributed by atoms with Crippen LogP contribution < -0.4 is 0 Å². The lowest BCUT2D eigenvalue weighted by molar-refractivity contribution is 0.264. The molecule has 0 fully saturated rings. The molecule has 0 aliphatic rings. The minimum atomic E-state index is -3.21. The molecule has 90 valence electrons. The molecule has 0 radical (unpaired) electrons. The summed E-state index contributed by atoms with van der Waals surface area (Å²) in [6, 6.07) is 6.08. The summed E-state index contributed by atoms with van der Waals surface area (Å²) in [5, 5.41) is 12.3. The average Bonchev–Trinajstić information content (AvgIpc) is 2.76. The number of aliphatic hydroxyl groups excluding tert-OH is 1. The van der Waals surface area contributed by atoms with Crippen molar-refractivity contribution in [1.82, 2.24) is 10.1 Å². The van der Waals surface area contributed by atoms with Gasteiger partial charge in [0.2, 0.25) is 0 Å². The first-order valence-corrected chi connectivity index (χ1v) is 6.64. The number of hydrogen-bond acceptors (Lipinski definition) is 6. The quantitative estimate of drug-likeness (QED) is 0.863. The second kappa shape index (κ2) is 4.27. The summed E-state index contributed by atoms with van der Waals surface area (Å²) in [6.45, 7) is -0.301. The summed E-state index contributed by atoms with van der Waals surface area (Å²) in [7, 11) is -3.21. The lowest BCUT2D eigenvalue weighted by atomic mass is 10.2. The van der Waals surface area contributed by atoms with Crippen molar-refractivity contribution in [1.29, 1.82) is 0 Å². The maximum atomic E-state index is 11.2. The monoisotopic (exact) mass is 254 g/mol. The van der Waals surface area contributed by atoms with Gasteiger partial charge in [-0.1, -0.05) is 5.16 Å². The molecule has 0 saturated heterocycles. The Labute approximate surface area is 97.8 Å². The number of nitrogens with zero attached hydrogens (tertiary/aromatic N) is 2. The Morgan fingerprint density at radius 2 is 1.94 bits per heavy atom. The van der Waals surface area contributed by atoms with Gasteiger partial charge in [-0.25, -0.2) is 8.42 Å². The van der Waals surface area contributed by atoms with Crippen molar-refractivity contribution in [3.8, 4) is 11.5 Å². The summed E-state index contributed by atoms with van der Waals surface area (Å²) in [4.78, 5) is 4.14. The Hall–Kier alpha value is -1.73. The predicted octanol–water partition coefficient (Wildman–Crippen LogP) is 0.632. The molecule has 2 aromatic rings. The minimum absolute atomic E-state index is 0.187. The van der Waals surface area contributed by atoms with Crippen molar-refractivity contribution in [2.45, 2.75) is 11.5 Å². The van der Waals surface area contributed by atoms with Gasteiger partial charge in [0.15, 0.2) is 15.7 Å². The Bertz CT molecular complexity index is 616. The summed E-state index contributed by atoms with van der Waals surface area (Å²) in [6.07, 6.45) is 1.14. The van der Waals surface area contributed by atoms with Crippen LogP contribution in [0.2, 0.25) is 0 Å². The molecule has 1 aromatic carbocycles. The van der Waals surface area contributed by atoms with Gasteiger partial charge < -0.3 is 9.63 Å². The summed E-state index contributed by atoms with van der Waals surface area (Å²) in [5.74, 6) is 0.432. The molecule has 0 amide bonds. The van der Waals surface area contributed by atoms with Crippen LogP contribution in [0.25, 0.3) is 11.5 Å². The molecule has 0 bridgehead atoms. The van der Waals surface area contributed by atoms with E-state index in [2.05, 4.69) is 10.1 Å². The zero-order valence-corrected chi connectivity index (χ0v) is 9.81. The van der Waals surface area contributed by atoms with Crippen LogP contribution in [-0.2, 0) is 16.4 Å². The SMILES string of the molecule is CS(=O)(=O)c1ccc(-c2nc(CO)no2)cc1. The van der Waals surface area contributed by atoms with E-state index in [0.29, 0.717) is 5.56 Å². The largest absolute Gasteiger partial charge is 0.388 e. The van der Waals surface area contributed by atoms with Crippen molar-refractivity contribution >= 4 is 9.84 Å². The Balaban J connectivity index is 2.35. The smallest absolute Gasteiger partial charge is 0.258 e. The van der Waals surface area contributed by atoms with Crippen molar-refractivity contribution < 1.29 is 18.0 Å². The number of sulfone groups is 1. The van der Waals surface area contributed by atoms with Gasteiger partial charge in [0.1, 0.15) is 6.61 Å². The molecular weight excluding hydrogens is 244 g/mol. The van der Waals surface area contributed by atoms with Crippen LogP contribution in [0.5, 0.6) is 0 Å². The highest BCUT2D eigenvalue weighted by Gasteiger charge is 2.10. The van der Waals surface area contributed by atoms with Crippen molar-refractivity contribution in [3.05, 3.63) is 30.1 Å². The molecule has 17 heavy (non-hydrogen) atoms. The second-order valence-corrected chi connectivity index (χ2v) is 5.49. The molecule has 0 saturated carbocycles. The van der Waals surface area contributed by atoms with Crippen molar-refractivity contribution in [2.75, 3.05) is 6.26 Å². The molecule has 0 unspecified atom stereocenters. The highest BCUT2D eigenvalue weighted by atomic mass is 32.2. The highest BCUT2D eigenvalue weighted by Crippen LogP contribution is 2.19. The lowest BCUT2D eigenvalue weighted by Crippen LogP contribution is -1.96. The maximum Gasteiger partial charge on any atom is 0.258 e. The van der Waals surface area contributed by atoms with E-state index in [4.69, 9.17) is 9.63 Å². The predicted molar refractivity (Wildman–Crippen MR) is 58.8 cm³/mol. The van der Waals surface area contributed by atoms with E-state index in [0.717, 1.165) is 6.26 Å². The first kappa shape index (κ1) is 11.7. The van der Waals surface area contributed by atoms with Crippen LogP contribution in [0.15, 0.2) is 33.7 Å². The maximum absolute atomic E-state index is 11.2. The molecule has 2 rings (SSSR count). The molecule has 0 spiro atoms. The van der Waals surface area contributed by atoms with Crippen LogP contribution in [0.1, 0.15) is 5.82 Å². The third-order valence-electron chi connectivity index (χ3n) is 2.14.